The fourth-order valence-corrected chi connectivity index (χ4v) is 3.53. The van der Waals surface area contributed by atoms with E-state index >= 15 is 0 Å². The molecule has 0 saturated carbocycles. The van der Waals surface area contributed by atoms with E-state index < -0.39 is 46.6 Å². The van der Waals surface area contributed by atoms with Crippen molar-refractivity contribution in [1.29, 1.82) is 0 Å². The van der Waals surface area contributed by atoms with E-state index in [9.17, 15) is 32.4 Å². The predicted molar refractivity (Wildman–Crippen MR) is 97.5 cm³/mol. The van der Waals surface area contributed by atoms with Crippen LogP contribution < -0.4 is 4.90 Å². The van der Waals surface area contributed by atoms with E-state index in [1.165, 1.54) is 24.3 Å². The van der Waals surface area contributed by atoms with Crippen molar-refractivity contribution in [2.75, 3.05) is 4.90 Å². The Labute approximate surface area is 166 Å². The third-order valence-corrected chi connectivity index (χ3v) is 4.90. The number of anilines is 1. The van der Waals surface area contributed by atoms with E-state index in [4.69, 9.17) is 0 Å². The number of likely N-dealkylation sites (tertiary alicyclic amines) is 1. The number of thiol groups is 1. The van der Waals surface area contributed by atoms with Crippen molar-refractivity contribution in [2.45, 2.75) is 31.7 Å². The van der Waals surface area contributed by atoms with E-state index in [1.54, 1.807) is 0 Å². The number of benzene rings is 1. The van der Waals surface area contributed by atoms with E-state index in [1.807, 2.05) is 0 Å². The van der Waals surface area contributed by atoms with Crippen molar-refractivity contribution in [3.8, 4) is 0 Å². The highest BCUT2D eigenvalue weighted by Gasteiger charge is 2.36. The summed E-state index contributed by atoms with van der Waals surface area (Å²) in [6, 6.07) is 5.24. The maximum atomic E-state index is 12.2. The number of imide groups is 2. The molecule has 10 nitrogen and oxygen atoms in total. The number of hydrogen-bond donors (Lipinski definition) is 1. The number of nitrogens with zero attached hydrogens (tertiary/aromatic N) is 2. The quantitative estimate of drug-likeness (QED) is 0.487. The highest BCUT2D eigenvalue weighted by molar-refractivity contribution is 7.67. The molecule has 0 bridgehead atoms. The summed E-state index contributed by atoms with van der Waals surface area (Å²) in [7, 11) is -3.34. The molecule has 2 heterocycles. The van der Waals surface area contributed by atoms with Gasteiger partial charge in [-0.1, -0.05) is 12.1 Å². The fourth-order valence-electron chi connectivity index (χ4n) is 3.27. The number of rotatable bonds is 7. The van der Waals surface area contributed by atoms with Crippen LogP contribution in [0.4, 0.5) is 5.69 Å². The van der Waals surface area contributed by atoms with Crippen LogP contribution in [0, 0.1) is 0 Å². The molecule has 1 fully saturated rings. The number of carbonyl (C=O) groups excluding carboxylic acids is 5. The number of hydrogen-bond acceptors (Lipinski definition) is 8. The second-order valence-electron chi connectivity index (χ2n) is 6.34. The molecule has 1 saturated heterocycles. The summed E-state index contributed by atoms with van der Waals surface area (Å²) < 4.78 is 25.1. The van der Waals surface area contributed by atoms with Crippen LogP contribution in [0.2, 0.25) is 0 Å². The molecule has 29 heavy (non-hydrogen) atoms. The van der Waals surface area contributed by atoms with Gasteiger partial charge in [0.1, 0.15) is 0 Å². The Balaban J connectivity index is 1.84. The molecular formula is C18H16N2O8S. The zero-order chi connectivity index (χ0) is 21.1. The lowest BCUT2D eigenvalue weighted by atomic mass is 10.00. The summed E-state index contributed by atoms with van der Waals surface area (Å²) in [6.07, 6.45) is 2.02. The summed E-state index contributed by atoms with van der Waals surface area (Å²) in [4.78, 5) is 61.5. The molecule has 2 aliphatic rings. The second-order valence-corrected chi connectivity index (χ2v) is 6.97. The number of amides is 4. The first-order valence-corrected chi connectivity index (χ1v) is 9.73. The zero-order valence-corrected chi connectivity index (χ0v) is 15.9. The Morgan fingerprint density at radius 1 is 0.966 bits per heavy atom. The van der Waals surface area contributed by atoms with E-state index in [-0.39, 0.29) is 25.7 Å². The largest absolute Gasteiger partial charge is 0.348 e. The smallest absolute Gasteiger partial charge is 0.321 e. The first-order chi connectivity index (χ1) is 13.8. The normalized spacial score (nSPS) is 17.6. The Morgan fingerprint density at radius 3 is 2.03 bits per heavy atom. The maximum Gasteiger partial charge on any atom is 0.321 e. The third-order valence-electron chi connectivity index (χ3n) is 4.55. The molecule has 0 aliphatic carbocycles. The van der Waals surface area contributed by atoms with Crippen LogP contribution >= 0.6 is 0 Å². The molecule has 0 spiro atoms. The van der Waals surface area contributed by atoms with Crippen molar-refractivity contribution in [1.82, 2.24) is 4.90 Å². The zero-order valence-electron chi connectivity index (χ0n) is 15.0. The molecule has 4 amide bonds. The van der Waals surface area contributed by atoms with Crippen molar-refractivity contribution in [3.05, 3.63) is 42.0 Å². The van der Waals surface area contributed by atoms with Gasteiger partial charge in [0.15, 0.2) is 0 Å². The molecule has 0 N–H and O–H groups in total. The molecule has 2 aliphatic heterocycles. The first kappa shape index (κ1) is 20.4. The second kappa shape index (κ2) is 8.35. The minimum Gasteiger partial charge on any atom is -0.348 e. The minimum atomic E-state index is -3.34. The Hall–Kier alpha value is -3.34. The molecule has 0 aromatic heterocycles. The highest BCUT2D eigenvalue weighted by atomic mass is 32.2. The van der Waals surface area contributed by atoms with E-state index in [2.05, 4.69) is 4.18 Å². The molecule has 1 unspecified atom stereocenters. The lowest BCUT2D eigenvalue weighted by molar-refractivity contribution is -0.143. The van der Waals surface area contributed by atoms with Gasteiger partial charge in [-0.2, -0.15) is 8.42 Å². The van der Waals surface area contributed by atoms with Crippen LogP contribution in [0.3, 0.4) is 0 Å². The summed E-state index contributed by atoms with van der Waals surface area (Å²) in [5.41, 5.74) is 0.804. The van der Waals surface area contributed by atoms with Crippen LogP contribution in [-0.4, -0.2) is 42.9 Å². The van der Waals surface area contributed by atoms with Gasteiger partial charge in [0.05, 0.1) is 11.7 Å². The van der Waals surface area contributed by atoms with Crippen molar-refractivity contribution < 1.29 is 36.6 Å². The van der Waals surface area contributed by atoms with E-state index in [0.29, 0.717) is 11.3 Å². The summed E-state index contributed by atoms with van der Waals surface area (Å²) in [5.74, 6) is -2.78. The van der Waals surface area contributed by atoms with Gasteiger partial charge >= 0.3 is 17.0 Å². The summed E-state index contributed by atoms with van der Waals surface area (Å²) >= 11 is 0. The fraction of sp³-hybridized carbons (Fsp3) is 0.278. The van der Waals surface area contributed by atoms with E-state index in [0.717, 1.165) is 22.0 Å². The average molecular weight is 420 g/mol. The topological polar surface area (TPSA) is 135 Å². The molecule has 152 valence electrons. The first-order valence-electron chi connectivity index (χ1n) is 8.64. The van der Waals surface area contributed by atoms with Crippen molar-refractivity contribution >= 4 is 46.3 Å². The Kier molecular flexibility index (Phi) is 5.87. The van der Waals surface area contributed by atoms with Gasteiger partial charge in [-0.15, -0.1) is 0 Å². The molecule has 1 atom stereocenters. The Morgan fingerprint density at radius 2 is 1.52 bits per heavy atom. The Bertz CT molecular complexity index is 954. The summed E-state index contributed by atoms with van der Waals surface area (Å²) in [6.45, 7) is 0. The molecular weight excluding hydrogens is 404 g/mol. The maximum absolute atomic E-state index is 12.2. The van der Waals surface area contributed by atoms with Gasteiger partial charge in [-0.25, -0.2) is 4.90 Å². The minimum absolute atomic E-state index is 0.0397. The highest BCUT2D eigenvalue weighted by Crippen LogP contribution is 2.32. The molecule has 1 aromatic rings. The van der Waals surface area contributed by atoms with Crippen molar-refractivity contribution in [3.63, 3.8) is 0 Å². The van der Waals surface area contributed by atoms with Gasteiger partial charge in [0.2, 0.25) is 11.8 Å². The van der Waals surface area contributed by atoms with Crippen LogP contribution in [0.5, 0.6) is 0 Å². The molecule has 11 heteroatoms. The van der Waals surface area contributed by atoms with Gasteiger partial charge in [-0.05, 0) is 24.1 Å². The standard InChI is InChI=1S/C18H16N2O8S/c21-14-6-7-15(22)19(14)12-3-1-11(2-4-12)13(5-10-18(25)28-29(26)27)20-16(23)8-9-17(20)24/h1-4,6-7,13,29H,5,8-10H2. The van der Waals surface area contributed by atoms with Gasteiger partial charge in [0.25, 0.3) is 11.8 Å². The van der Waals surface area contributed by atoms with Gasteiger partial charge in [-0.3, -0.25) is 28.9 Å². The SMILES string of the molecule is O=C(CCC(c1ccc(N2C(=O)C=CC2=O)cc1)N1C(=O)CCC1=O)O[SH](=O)=O. The van der Waals surface area contributed by atoms with Crippen LogP contribution in [0.25, 0.3) is 0 Å². The number of carbonyl (C=O) groups is 5. The van der Waals surface area contributed by atoms with Gasteiger partial charge < -0.3 is 4.18 Å². The average Bonchev–Trinajstić information content (AvgIpc) is 3.17. The predicted octanol–water partition coefficient (Wildman–Crippen LogP) is 0.156. The molecule has 3 rings (SSSR count). The monoisotopic (exact) mass is 420 g/mol. The summed E-state index contributed by atoms with van der Waals surface area (Å²) in [5, 5.41) is 0. The van der Waals surface area contributed by atoms with Gasteiger partial charge in [0, 0.05) is 31.4 Å². The van der Waals surface area contributed by atoms with Crippen LogP contribution in [0.15, 0.2) is 36.4 Å². The lowest BCUT2D eigenvalue weighted by Gasteiger charge is -2.27. The molecule has 1 aromatic carbocycles. The van der Waals surface area contributed by atoms with Crippen LogP contribution in [-0.2, 0) is 39.1 Å². The molecule has 0 radical (unpaired) electrons. The van der Waals surface area contributed by atoms with Crippen molar-refractivity contribution in [2.24, 2.45) is 0 Å². The lowest BCUT2D eigenvalue weighted by Crippen LogP contribution is -2.34. The van der Waals surface area contributed by atoms with Crippen LogP contribution in [0.1, 0.15) is 37.3 Å². The third kappa shape index (κ3) is 4.40.